The van der Waals surface area contributed by atoms with Crippen LogP contribution in [0.25, 0.3) is 0 Å². The van der Waals surface area contributed by atoms with Crippen molar-refractivity contribution in [2.24, 2.45) is 0 Å². The number of hydrogen-bond acceptors (Lipinski definition) is 7. The molecule has 0 radical (unpaired) electrons. The summed E-state index contributed by atoms with van der Waals surface area (Å²) in [6, 6.07) is 0. The molecule has 0 aliphatic carbocycles. The van der Waals surface area contributed by atoms with Gasteiger partial charge in [0.05, 0.1) is 13.2 Å². The van der Waals surface area contributed by atoms with Crippen molar-refractivity contribution >= 4 is 11.3 Å². The van der Waals surface area contributed by atoms with Gasteiger partial charge in [0.15, 0.2) is 0 Å². The predicted octanol–water partition coefficient (Wildman–Crippen LogP) is 0.605. The summed E-state index contributed by atoms with van der Waals surface area (Å²) in [7, 11) is 5.79. The highest BCUT2D eigenvalue weighted by molar-refractivity contribution is 7.13. The van der Waals surface area contributed by atoms with E-state index >= 15 is 0 Å². The van der Waals surface area contributed by atoms with Crippen LogP contribution in [0.15, 0.2) is 0 Å². The lowest BCUT2D eigenvalue weighted by Crippen LogP contribution is -2.18. The van der Waals surface area contributed by atoms with E-state index in [-0.39, 0.29) is 0 Å². The van der Waals surface area contributed by atoms with Gasteiger partial charge in [-0.15, -0.1) is 10.2 Å². The minimum atomic E-state index is 0.650. The minimum absolute atomic E-state index is 0.650. The molecule has 1 rings (SSSR count). The fourth-order valence-electron chi connectivity index (χ4n) is 1.28. The second-order valence-electron chi connectivity index (χ2n) is 4.14. The molecule has 1 heterocycles. The van der Waals surface area contributed by atoms with E-state index in [0.717, 1.165) is 24.5 Å². The van der Waals surface area contributed by atoms with Crippen molar-refractivity contribution in [2.75, 3.05) is 47.5 Å². The van der Waals surface area contributed by atoms with E-state index in [0.29, 0.717) is 25.0 Å². The summed E-state index contributed by atoms with van der Waals surface area (Å²) in [5.74, 6) is 0. The van der Waals surface area contributed by atoms with Crippen LogP contribution in [-0.4, -0.2) is 62.6 Å². The molecule has 1 N–H and O–H groups in total. The zero-order valence-corrected chi connectivity index (χ0v) is 12.1. The van der Waals surface area contributed by atoms with E-state index in [1.807, 2.05) is 0 Å². The van der Waals surface area contributed by atoms with Gasteiger partial charge in [-0.1, -0.05) is 11.3 Å². The molecule has 0 saturated heterocycles. The van der Waals surface area contributed by atoms with E-state index in [4.69, 9.17) is 9.47 Å². The third-order valence-electron chi connectivity index (χ3n) is 2.18. The molecule has 0 bridgehead atoms. The van der Waals surface area contributed by atoms with Gasteiger partial charge in [0.1, 0.15) is 5.01 Å². The molecule has 7 heteroatoms. The van der Waals surface area contributed by atoms with Crippen molar-refractivity contribution in [3.8, 4) is 5.19 Å². The number of rotatable bonds is 10. The largest absolute Gasteiger partial charge is 0.469 e. The van der Waals surface area contributed by atoms with Crippen LogP contribution in [0, 0.1) is 0 Å². The van der Waals surface area contributed by atoms with Crippen LogP contribution >= 0.6 is 11.3 Å². The molecule has 0 unspecified atom stereocenters. The Labute approximate surface area is 112 Å². The van der Waals surface area contributed by atoms with E-state index < -0.39 is 0 Å². The smallest absolute Gasteiger partial charge is 0.294 e. The first-order chi connectivity index (χ1) is 8.72. The minimum Gasteiger partial charge on any atom is -0.469 e. The maximum Gasteiger partial charge on any atom is 0.294 e. The van der Waals surface area contributed by atoms with Gasteiger partial charge in [-0.05, 0) is 20.5 Å². The zero-order valence-electron chi connectivity index (χ0n) is 11.3. The number of ether oxygens (including phenoxy) is 2. The predicted molar refractivity (Wildman–Crippen MR) is 72.2 cm³/mol. The highest BCUT2D eigenvalue weighted by Gasteiger charge is 2.04. The SMILES string of the molecule is COCCNCc1nnc(OCCCN(C)C)s1. The summed E-state index contributed by atoms with van der Waals surface area (Å²) in [4.78, 5) is 2.13. The third kappa shape index (κ3) is 6.85. The summed E-state index contributed by atoms with van der Waals surface area (Å²) in [5, 5.41) is 12.9. The average Bonchev–Trinajstić information content (AvgIpc) is 2.78. The van der Waals surface area contributed by atoms with Crippen LogP contribution in [0.1, 0.15) is 11.4 Å². The standard InChI is InChI=1S/C11H22N4O2S/c1-15(2)6-4-7-17-11-14-13-10(18-11)9-12-5-8-16-3/h12H,4-9H2,1-3H3. The maximum atomic E-state index is 5.53. The molecule has 0 aliphatic rings. The lowest BCUT2D eigenvalue weighted by atomic mass is 10.4. The molecule has 0 atom stereocenters. The van der Waals surface area contributed by atoms with Crippen LogP contribution in [-0.2, 0) is 11.3 Å². The number of hydrogen-bond donors (Lipinski definition) is 1. The molecule has 1 aromatic rings. The molecule has 18 heavy (non-hydrogen) atoms. The third-order valence-corrected chi connectivity index (χ3v) is 3.02. The zero-order chi connectivity index (χ0) is 13.2. The Morgan fingerprint density at radius 2 is 2.11 bits per heavy atom. The van der Waals surface area contributed by atoms with Gasteiger partial charge in [0.25, 0.3) is 5.19 Å². The second-order valence-corrected chi connectivity index (χ2v) is 5.16. The molecule has 0 spiro atoms. The Kier molecular flexibility index (Phi) is 7.83. The summed E-state index contributed by atoms with van der Waals surface area (Å²) in [5.41, 5.74) is 0. The summed E-state index contributed by atoms with van der Waals surface area (Å²) in [6.45, 7) is 3.93. The van der Waals surface area contributed by atoms with E-state index in [1.165, 1.54) is 11.3 Å². The topological polar surface area (TPSA) is 59.5 Å². The Balaban J connectivity index is 2.13. The number of nitrogens with zero attached hydrogens (tertiary/aromatic N) is 3. The number of aromatic nitrogens is 2. The summed E-state index contributed by atoms with van der Waals surface area (Å²) >= 11 is 1.49. The van der Waals surface area contributed by atoms with E-state index in [9.17, 15) is 0 Å². The van der Waals surface area contributed by atoms with Gasteiger partial charge in [0, 0.05) is 26.7 Å². The van der Waals surface area contributed by atoms with Crippen molar-refractivity contribution in [1.29, 1.82) is 0 Å². The quantitative estimate of drug-likeness (QED) is 0.631. The fraction of sp³-hybridized carbons (Fsp3) is 0.818. The summed E-state index contributed by atoms with van der Waals surface area (Å²) < 4.78 is 10.5. The Morgan fingerprint density at radius 1 is 1.28 bits per heavy atom. The molecular formula is C11H22N4O2S. The van der Waals surface area contributed by atoms with E-state index in [2.05, 4.69) is 34.5 Å². The van der Waals surface area contributed by atoms with Crippen molar-refractivity contribution in [1.82, 2.24) is 20.4 Å². The van der Waals surface area contributed by atoms with Gasteiger partial charge in [-0.2, -0.15) is 0 Å². The van der Waals surface area contributed by atoms with Crippen molar-refractivity contribution in [3.63, 3.8) is 0 Å². The monoisotopic (exact) mass is 274 g/mol. The normalized spacial score (nSPS) is 11.1. The molecular weight excluding hydrogens is 252 g/mol. The van der Waals surface area contributed by atoms with Crippen LogP contribution in [0.2, 0.25) is 0 Å². The lowest BCUT2D eigenvalue weighted by molar-refractivity contribution is 0.199. The van der Waals surface area contributed by atoms with Crippen LogP contribution in [0.5, 0.6) is 5.19 Å². The van der Waals surface area contributed by atoms with Gasteiger partial charge < -0.3 is 19.7 Å². The first-order valence-corrected chi connectivity index (χ1v) is 6.83. The molecule has 0 aromatic carbocycles. The molecule has 0 fully saturated rings. The van der Waals surface area contributed by atoms with Crippen LogP contribution in [0.3, 0.4) is 0 Å². The average molecular weight is 274 g/mol. The van der Waals surface area contributed by atoms with Gasteiger partial charge in [-0.25, -0.2) is 0 Å². The maximum absolute atomic E-state index is 5.53. The number of methoxy groups -OCH3 is 1. The Bertz CT molecular complexity index is 320. The molecule has 1 aromatic heterocycles. The molecule has 0 aliphatic heterocycles. The first-order valence-electron chi connectivity index (χ1n) is 6.02. The highest BCUT2D eigenvalue weighted by Crippen LogP contribution is 2.17. The lowest BCUT2D eigenvalue weighted by Gasteiger charge is -2.08. The molecule has 0 amide bonds. The second kappa shape index (κ2) is 9.21. The first kappa shape index (κ1) is 15.3. The van der Waals surface area contributed by atoms with Crippen LogP contribution < -0.4 is 10.1 Å². The fourth-order valence-corrected chi connectivity index (χ4v) is 1.96. The van der Waals surface area contributed by atoms with E-state index in [1.54, 1.807) is 7.11 Å². The molecule has 0 saturated carbocycles. The summed E-state index contributed by atoms with van der Waals surface area (Å²) in [6.07, 6.45) is 0.994. The van der Waals surface area contributed by atoms with Gasteiger partial charge in [-0.3, -0.25) is 0 Å². The Hall–Kier alpha value is -0.760. The van der Waals surface area contributed by atoms with Crippen molar-refractivity contribution in [3.05, 3.63) is 5.01 Å². The molecule has 6 nitrogen and oxygen atoms in total. The Morgan fingerprint density at radius 3 is 2.83 bits per heavy atom. The number of nitrogens with one attached hydrogen (secondary N) is 1. The van der Waals surface area contributed by atoms with Crippen molar-refractivity contribution < 1.29 is 9.47 Å². The van der Waals surface area contributed by atoms with Gasteiger partial charge >= 0.3 is 0 Å². The molecule has 104 valence electrons. The van der Waals surface area contributed by atoms with Gasteiger partial charge in [0.2, 0.25) is 0 Å². The highest BCUT2D eigenvalue weighted by atomic mass is 32.1. The van der Waals surface area contributed by atoms with Crippen LogP contribution in [0.4, 0.5) is 0 Å². The van der Waals surface area contributed by atoms with Crippen molar-refractivity contribution in [2.45, 2.75) is 13.0 Å².